The molecule has 1 aliphatic carbocycles. The predicted octanol–water partition coefficient (Wildman–Crippen LogP) is 4.16. The minimum Gasteiger partial charge on any atom is -0.358 e. The maximum atomic E-state index is 4.19. The van der Waals surface area contributed by atoms with Crippen LogP contribution in [0.25, 0.3) is 10.9 Å². The van der Waals surface area contributed by atoms with E-state index in [0.29, 0.717) is 6.04 Å². The van der Waals surface area contributed by atoms with Crippen LogP contribution < -0.4 is 5.32 Å². The van der Waals surface area contributed by atoms with E-state index in [2.05, 4.69) is 46.5 Å². The zero-order valence-corrected chi connectivity index (χ0v) is 14.3. The highest BCUT2D eigenvalue weighted by Crippen LogP contribution is 2.29. The molecule has 24 heavy (non-hydrogen) atoms. The molecule has 0 fully saturated rings. The van der Waals surface area contributed by atoms with Crippen molar-refractivity contribution in [2.45, 2.75) is 51.6 Å². The molecule has 0 aliphatic heterocycles. The van der Waals surface area contributed by atoms with Gasteiger partial charge < -0.3 is 10.3 Å². The molecular formula is C21H25N3. The first-order valence-electron chi connectivity index (χ1n) is 9.04. The van der Waals surface area contributed by atoms with Crippen LogP contribution in [0.2, 0.25) is 0 Å². The number of aryl methyl sites for hydroxylation is 2. The minimum atomic E-state index is 0.435. The van der Waals surface area contributed by atoms with Gasteiger partial charge in [0.2, 0.25) is 0 Å². The Morgan fingerprint density at radius 2 is 2.08 bits per heavy atom. The Balaban J connectivity index is 1.44. The largest absolute Gasteiger partial charge is 0.358 e. The zero-order valence-electron chi connectivity index (χ0n) is 14.3. The summed E-state index contributed by atoms with van der Waals surface area (Å²) in [4.78, 5) is 7.81. The van der Waals surface area contributed by atoms with Gasteiger partial charge in [0, 0.05) is 41.6 Å². The van der Waals surface area contributed by atoms with Gasteiger partial charge in [-0.3, -0.25) is 4.98 Å². The molecule has 3 aromatic rings. The average Bonchev–Trinajstić information content (AvgIpc) is 2.99. The van der Waals surface area contributed by atoms with Crippen LogP contribution in [-0.4, -0.2) is 16.0 Å². The molecule has 4 rings (SSSR count). The van der Waals surface area contributed by atoms with Gasteiger partial charge >= 0.3 is 0 Å². The highest BCUT2D eigenvalue weighted by molar-refractivity contribution is 5.85. The third-order valence-corrected chi connectivity index (χ3v) is 5.08. The minimum absolute atomic E-state index is 0.435. The number of hydrogen-bond acceptors (Lipinski definition) is 2. The lowest BCUT2D eigenvalue weighted by atomic mass is 9.95. The average molecular weight is 319 g/mol. The summed E-state index contributed by atoms with van der Waals surface area (Å²) in [6.45, 7) is 3.15. The normalized spacial score (nSPS) is 15.4. The van der Waals surface area contributed by atoms with Crippen molar-refractivity contribution in [2.75, 3.05) is 0 Å². The van der Waals surface area contributed by atoms with Crippen molar-refractivity contribution >= 4 is 10.9 Å². The van der Waals surface area contributed by atoms with Gasteiger partial charge in [-0.1, -0.05) is 12.1 Å². The number of fused-ring (bicyclic) bond motifs is 3. The molecule has 124 valence electrons. The molecule has 2 aromatic heterocycles. The molecule has 2 heterocycles. The van der Waals surface area contributed by atoms with Gasteiger partial charge in [0.1, 0.15) is 0 Å². The maximum Gasteiger partial charge on any atom is 0.0459 e. The van der Waals surface area contributed by atoms with Crippen LogP contribution in [0.5, 0.6) is 0 Å². The summed E-state index contributed by atoms with van der Waals surface area (Å²) in [7, 11) is 0. The van der Waals surface area contributed by atoms with Gasteiger partial charge in [0.15, 0.2) is 0 Å². The molecular weight excluding hydrogens is 294 g/mol. The van der Waals surface area contributed by atoms with Crippen molar-refractivity contribution in [3.05, 3.63) is 65.1 Å². The summed E-state index contributed by atoms with van der Waals surface area (Å²) in [5.41, 5.74) is 6.97. The Labute approximate surface area is 143 Å². The van der Waals surface area contributed by atoms with E-state index in [4.69, 9.17) is 0 Å². The molecule has 3 nitrogen and oxygen atoms in total. The topological polar surface area (TPSA) is 40.7 Å². The van der Waals surface area contributed by atoms with E-state index in [1.54, 1.807) is 5.56 Å². The first-order valence-corrected chi connectivity index (χ1v) is 9.04. The van der Waals surface area contributed by atoms with Crippen molar-refractivity contribution in [1.29, 1.82) is 0 Å². The van der Waals surface area contributed by atoms with E-state index in [0.717, 1.165) is 13.0 Å². The van der Waals surface area contributed by atoms with Gasteiger partial charge in [-0.2, -0.15) is 0 Å². The molecule has 0 bridgehead atoms. The highest BCUT2D eigenvalue weighted by Gasteiger charge is 2.15. The first kappa shape index (κ1) is 15.4. The maximum absolute atomic E-state index is 4.19. The molecule has 1 aromatic carbocycles. The van der Waals surface area contributed by atoms with Gasteiger partial charge in [-0.05, 0) is 73.9 Å². The fourth-order valence-electron chi connectivity index (χ4n) is 3.80. The zero-order chi connectivity index (χ0) is 16.4. The van der Waals surface area contributed by atoms with Crippen molar-refractivity contribution in [3.63, 3.8) is 0 Å². The molecule has 0 spiro atoms. The summed E-state index contributed by atoms with van der Waals surface area (Å²) in [5.74, 6) is 0. The van der Waals surface area contributed by atoms with Gasteiger partial charge in [0.05, 0.1) is 0 Å². The monoisotopic (exact) mass is 319 g/mol. The molecule has 0 amide bonds. The van der Waals surface area contributed by atoms with Crippen LogP contribution in [0.3, 0.4) is 0 Å². The lowest BCUT2D eigenvalue weighted by Gasteiger charge is -2.14. The number of rotatable bonds is 5. The van der Waals surface area contributed by atoms with Crippen molar-refractivity contribution in [2.24, 2.45) is 0 Å². The molecule has 1 aliphatic rings. The van der Waals surface area contributed by atoms with Crippen molar-refractivity contribution in [1.82, 2.24) is 15.3 Å². The van der Waals surface area contributed by atoms with E-state index in [-0.39, 0.29) is 0 Å². The standard InChI is InChI=1S/C21H25N3/c1-15(11-16-5-4-10-22-13-16)23-14-17-8-9-21-19(12-17)18-6-2-3-7-20(18)24-21/h4-5,8-10,12-13,15,23-24H,2-3,6-7,11,14H2,1H3. The number of aromatic nitrogens is 2. The summed E-state index contributed by atoms with van der Waals surface area (Å²) in [6.07, 6.45) is 9.87. The van der Waals surface area contributed by atoms with Gasteiger partial charge in [-0.15, -0.1) is 0 Å². The predicted molar refractivity (Wildman–Crippen MR) is 99.2 cm³/mol. The van der Waals surface area contributed by atoms with Crippen LogP contribution in [0.1, 0.15) is 42.1 Å². The first-order chi connectivity index (χ1) is 11.8. The highest BCUT2D eigenvalue weighted by atomic mass is 14.9. The molecule has 0 saturated carbocycles. The van der Waals surface area contributed by atoms with E-state index >= 15 is 0 Å². The van der Waals surface area contributed by atoms with Crippen molar-refractivity contribution in [3.8, 4) is 0 Å². The smallest absolute Gasteiger partial charge is 0.0459 e. The van der Waals surface area contributed by atoms with E-state index in [1.807, 2.05) is 18.5 Å². The lowest BCUT2D eigenvalue weighted by molar-refractivity contribution is 0.545. The molecule has 0 radical (unpaired) electrons. The summed E-state index contributed by atoms with van der Waals surface area (Å²) >= 11 is 0. The number of pyridine rings is 1. The number of nitrogens with one attached hydrogen (secondary N) is 2. The Morgan fingerprint density at radius 3 is 2.96 bits per heavy atom. The second kappa shape index (κ2) is 6.78. The van der Waals surface area contributed by atoms with E-state index < -0.39 is 0 Å². The van der Waals surface area contributed by atoms with E-state index in [9.17, 15) is 0 Å². The Bertz CT molecular complexity index is 820. The third kappa shape index (κ3) is 3.22. The lowest BCUT2D eigenvalue weighted by Crippen LogP contribution is -2.27. The van der Waals surface area contributed by atoms with Gasteiger partial charge in [-0.25, -0.2) is 0 Å². The fraction of sp³-hybridized carbons (Fsp3) is 0.381. The molecule has 1 atom stereocenters. The SMILES string of the molecule is CC(Cc1cccnc1)NCc1ccc2[nH]c3c(c2c1)CCCC3. The van der Waals surface area contributed by atoms with Crippen LogP contribution in [0.4, 0.5) is 0 Å². The number of hydrogen-bond donors (Lipinski definition) is 2. The number of benzene rings is 1. The van der Waals surface area contributed by atoms with Crippen LogP contribution in [-0.2, 0) is 25.8 Å². The Hall–Kier alpha value is -2.13. The summed E-state index contributed by atoms with van der Waals surface area (Å²) in [5, 5.41) is 5.08. The third-order valence-electron chi connectivity index (χ3n) is 5.08. The molecule has 2 N–H and O–H groups in total. The number of nitrogens with zero attached hydrogens (tertiary/aromatic N) is 1. The number of H-pyrrole nitrogens is 1. The van der Waals surface area contributed by atoms with Gasteiger partial charge in [0.25, 0.3) is 0 Å². The molecule has 0 saturated heterocycles. The van der Waals surface area contributed by atoms with Crippen LogP contribution in [0, 0.1) is 0 Å². The fourth-order valence-corrected chi connectivity index (χ4v) is 3.80. The van der Waals surface area contributed by atoms with Crippen LogP contribution >= 0.6 is 0 Å². The second-order valence-corrected chi connectivity index (χ2v) is 7.02. The van der Waals surface area contributed by atoms with E-state index in [1.165, 1.54) is 53.4 Å². The summed E-state index contributed by atoms with van der Waals surface area (Å²) in [6, 6.07) is 11.4. The van der Waals surface area contributed by atoms with Crippen molar-refractivity contribution < 1.29 is 0 Å². The Kier molecular flexibility index (Phi) is 4.35. The summed E-state index contributed by atoms with van der Waals surface area (Å²) < 4.78 is 0. The number of aromatic amines is 1. The molecule has 3 heteroatoms. The second-order valence-electron chi connectivity index (χ2n) is 7.02. The Morgan fingerprint density at radius 1 is 1.17 bits per heavy atom. The molecule has 1 unspecified atom stereocenters. The van der Waals surface area contributed by atoms with Crippen LogP contribution in [0.15, 0.2) is 42.7 Å². The quantitative estimate of drug-likeness (QED) is 0.741.